The van der Waals surface area contributed by atoms with Crippen molar-refractivity contribution in [2.45, 2.75) is 31.6 Å². The average molecular weight is 397 g/mol. The molecule has 1 amide bonds. The Kier molecular flexibility index (Phi) is 8.22. The highest BCUT2D eigenvalue weighted by atomic mass is 32.2. The number of hydrogen-bond donors (Lipinski definition) is 2. The van der Waals surface area contributed by atoms with Crippen LogP contribution in [0.15, 0.2) is 23.1 Å². The first-order valence-corrected chi connectivity index (χ1v) is 11.0. The van der Waals surface area contributed by atoms with E-state index in [9.17, 15) is 13.2 Å². The minimum absolute atomic E-state index is 0.0968. The number of hydrogen-bond acceptors (Lipinski definition) is 5. The summed E-state index contributed by atoms with van der Waals surface area (Å²) in [6.45, 7) is 9.84. The van der Waals surface area contributed by atoms with Crippen molar-refractivity contribution >= 4 is 15.9 Å². The highest BCUT2D eigenvalue weighted by Gasteiger charge is 2.15. The first kappa shape index (κ1) is 21.8. The second-order valence-corrected chi connectivity index (χ2v) is 9.01. The SMILES string of the molecule is Cc1ccc(S(=O)(=O)NCCC(=O)NCCCN2CCN(C)CC2)cc1C. The second kappa shape index (κ2) is 10.2. The molecule has 1 aromatic rings. The van der Waals surface area contributed by atoms with Gasteiger partial charge in [-0.15, -0.1) is 0 Å². The molecule has 27 heavy (non-hydrogen) atoms. The van der Waals surface area contributed by atoms with Gasteiger partial charge in [0.2, 0.25) is 15.9 Å². The van der Waals surface area contributed by atoms with Crippen LogP contribution in [0.5, 0.6) is 0 Å². The molecule has 7 nitrogen and oxygen atoms in total. The number of likely N-dealkylation sites (N-methyl/N-ethyl adjacent to an activating group) is 1. The molecule has 1 fully saturated rings. The second-order valence-electron chi connectivity index (χ2n) is 7.24. The van der Waals surface area contributed by atoms with Gasteiger partial charge < -0.3 is 15.1 Å². The number of rotatable bonds is 9. The molecule has 0 saturated carbocycles. The average Bonchev–Trinajstić information content (AvgIpc) is 2.62. The molecule has 0 radical (unpaired) electrons. The summed E-state index contributed by atoms with van der Waals surface area (Å²) in [5.41, 5.74) is 1.97. The monoisotopic (exact) mass is 396 g/mol. The number of sulfonamides is 1. The van der Waals surface area contributed by atoms with Crippen molar-refractivity contribution < 1.29 is 13.2 Å². The fraction of sp³-hybridized carbons (Fsp3) is 0.632. The topological polar surface area (TPSA) is 81.7 Å². The maximum absolute atomic E-state index is 12.3. The number of nitrogens with one attached hydrogen (secondary N) is 2. The molecule has 0 spiro atoms. The quantitative estimate of drug-likeness (QED) is 0.602. The van der Waals surface area contributed by atoms with E-state index in [2.05, 4.69) is 26.9 Å². The Morgan fingerprint density at radius 3 is 2.44 bits per heavy atom. The smallest absolute Gasteiger partial charge is 0.240 e. The van der Waals surface area contributed by atoms with E-state index < -0.39 is 10.0 Å². The van der Waals surface area contributed by atoms with Crippen molar-refractivity contribution in [2.75, 3.05) is 52.9 Å². The van der Waals surface area contributed by atoms with Gasteiger partial charge in [-0.1, -0.05) is 6.07 Å². The van der Waals surface area contributed by atoms with Gasteiger partial charge in [0, 0.05) is 45.7 Å². The Hall–Kier alpha value is -1.48. The van der Waals surface area contributed by atoms with Crippen LogP contribution in [0, 0.1) is 13.8 Å². The van der Waals surface area contributed by atoms with Crippen LogP contribution in [0.2, 0.25) is 0 Å². The summed E-state index contributed by atoms with van der Waals surface area (Å²) in [5.74, 6) is -0.129. The van der Waals surface area contributed by atoms with Crippen LogP contribution < -0.4 is 10.0 Å². The number of piperazine rings is 1. The summed E-state index contributed by atoms with van der Waals surface area (Å²) >= 11 is 0. The summed E-state index contributed by atoms with van der Waals surface area (Å²) in [4.78, 5) is 16.8. The van der Waals surface area contributed by atoms with Crippen LogP contribution in [0.3, 0.4) is 0 Å². The first-order valence-electron chi connectivity index (χ1n) is 9.52. The van der Waals surface area contributed by atoms with Crippen molar-refractivity contribution in [3.05, 3.63) is 29.3 Å². The Morgan fingerprint density at radius 2 is 1.78 bits per heavy atom. The lowest BCUT2D eigenvalue weighted by molar-refractivity contribution is -0.120. The number of amides is 1. The summed E-state index contributed by atoms with van der Waals surface area (Å²) in [7, 11) is -1.45. The van der Waals surface area contributed by atoms with Gasteiger partial charge in [0.25, 0.3) is 0 Å². The molecular weight excluding hydrogens is 364 g/mol. The largest absolute Gasteiger partial charge is 0.356 e. The van der Waals surface area contributed by atoms with E-state index in [1.165, 1.54) is 0 Å². The van der Waals surface area contributed by atoms with Gasteiger partial charge in [-0.05, 0) is 57.1 Å². The molecule has 0 aromatic heterocycles. The molecule has 1 aromatic carbocycles. The lowest BCUT2D eigenvalue weighted by Gasteiger charge is -2.32. The van der Waals surface area contributed by atoms with E-state index in [-0.39, 0.29) is 23.8 Å². The normalized spacial score (nSPS) is 16.4. The summed E-state index contributed by atoms with van der Waals surface area (Å²) in [6, 6.07) is 5.02. The highest BCUT2D eigenvalue weighted by Crippen LogP contribution is 2.14. The minimum Gasteiger partial charge on any atom is -0.356 e. The number of benzene rings is 1. The van der Waals surface area contributed by atoms with E-state index >= 15 is 0 Å². The van der Waals surface area contributed by atoms with Crippen LogP contribution in [0.4, 0.5) is 0 Å². The third-order valence-electron chi connectivity index (χ3n) is 5.00. The van der Waals surface area contributed by atoms with Crippen LogP contribution in [-0.2, 0) is 14.8 Å². The van der Waals surface area contributed by atoms with Gasteiger partial charge >= 0.3 is 0 Å². The van der Waals surface area contributed by atoms with Crippen molar-refractivity contribution in [2.24, 2.45) is 0 Å². The zero-order valence-corrected chi connectivity index (χ0v) is 17.4. The van der Waals surface area contributed by atoms with Gasteiger partial charge in [-0.25, -0.2) is 13.1 Å². The van der Waals surface area contributed by atoms with Crippen LogP contribution in [0.1, 0.15) is 24.0 Å². The van der Waals surface area contributed by atoms with Gasteiger partial charge in [0.05, 0.1) is 4.90 Å². The van der Waals surface area contributed by atoms with Crippen molar-refractivity contribution in [1.29, 1.82) is 0 Å². The lowest BCUT2D eigenvalue weighted by atomic mass is 10.1. The zero-order valence-electron chi connectivity index (χ0n) is 16.6. The molecule has 1 heterocycles. The van der Waals surface area contributed by atoms with Gasteiger partial charge in [-0.3, -0.25) is 4.79 Å². The van der Waals surface area contributed by atoms with Crippen LogP contribution >= 0.6 is 0 Å². The summed E-state index contributed by atoms with van der Waals surface area (Å²) in [5, 5.41) is 2.86. The van der Waals surface area contributed by atoms with E-state index in [4.69, 9.17) is 0 Å². The number of nitrogens with zero attached hydrogens (tertiary/aromatic N) is 2. The summed E-state index contributed by atoms with van der Waals surface area (Å²) < 4.78 is 27.1. The van der Waals surface area contributed by atoms with Crippen molar-refractivity contribution in [1.82, 2.24) is 19.8 Å². The summed E-state index contributed by atoms with van der Waals surface area (Å²) in [6.07, 6.45) is 1.04. The Morgan fingerprint density at radius 1 is 1.07 bits per heavy atom. The molecule has 152 valence electrons. The number of carbonyl (C=O) groups is 1. The minimum atomic E-state index is -3.58. The third kappa shape index (κ3) is 7.21. The molecule has 8 heteroatoms. The van der Waals surface area contributed by atoms with Crippen molar-refractivity contribution in [3.63, 3.8) is 0 Å². The molecule has 2 rings (SSSR count). The fourth-order valence-corrected chi connectivity index (χ4v) is 4.07. The maximum Gasteiger partial charge on any atom is 0.240 e. The van der Waals surface area contributed by atoms with E-state index in [1.807, 2.05) is 13.8 Å². The van der Waals surface area contributed by atoms with E-state index in [1.54, 1.807) is 18.2 Å². The van der Waals surface area contributed by atoms with E-state index in [0.717, 1.165) is 50.3 Å². The third-order valence-corrected chi connectivity index (χ3v) is 6.46. The highest BCUT2D eigenvalue weighted by molar-refractivity contribution is 7.89. The van der Waals surface area contributed by atoms with Crippen LogP contribution in [-0.4, -0.2) is 77.0 Å². The molecular formula is C19H32N4O3S. The standard InChI is InChI=1S/C19H32N4O3S/c1-16-5-6-18(15-17(16)2)27(25,26)21-9-7-19(24)20-8-4-10-23-13-11-22(3)12-14-23/h5-6,15,21H,4,7-14H2,1-3H3,(H,20,24). The van der Waals surface area contributed by atoms with E-state index in [0.29, 0.717) is 6.54 Å². The molecule has 1 aliphatic heterocycles. The molecule has 0 atom stereocenters. The van der Waals surface area contributed by atoms with Crippen molar-refractivity contribution in [3.8, 4) is 0 Å². The molecule has 2 N–H and O–H groups in total. The fourth-order valence-electron chi connectivity index (χ4n) is 2.95. The van der Waals surface area contributed by atoms with Gasteiger partial charge in [0.1, 0.15) is 0 Å². The van der Waals surface area contributed by atoms with Gasteiger partial charge in [0.15, 0.2) is 0 Å². The molecule has 0 aliphatic carbocycles. The zero-order chi connectivity index (χ0) is 19.9. The first-order chi connectivity index (χ1) is 12.8. The van der Waals surface area contributed by atoms with Crippen LogP contribution in [0.25, 0.3) is 0 Å². The molecule has 0 bridgehead atoms. The number of carbonyl (C=O) groups excluding carboxylic acids is 1. The predicted molar refractivity (Wildman–Crippen MR) is 107 cm³/mol. The lowest BCUT2D eigenvalue weighted by Crippen LogP contribution is -2.45. The Labute approximate surface area is 163 Å². The van der Waals surface area contributed by atoms with Gasteiger partial charge in [-0.2, -0.15) is 0 Å². The predicted octanol–water partition coefficient (Wildman–Crippen LogP) is 0.726. The molecule has 1 saturated heterocycles. The number of aryl methyl sites for hydroxylation is 2. The Balaban J connectivity index is 1.63. The maximum atomic E-state index is 12.3. The Bertz CT molecular complexity index is 728. The molecule has 1 aliphatic rings. The molecule has 0 unspecified atom stereocenters.